The minimum Gasteiger partial charge on any atom is -0.375 e. The molecule has 0 aromatic carbocycles. The molecule has 0 aliphatic heterocycles. The first-order chi connectivity index (χ1) is 18.8. The van der Waals surface area contributed by atoms with Crippen LogP contribution in [0.4, 0.5) is 0 Å². The fraction of sp³-hybridized carbons (Fsp3) is 0.944. The molecule has 0 unspecified atom stereocenters. The van der Waals surface area contributed by atoms with Crippen molar-refractivity contribution < 1.29 is 19.1 Å². The van der Waals surface area contributed by atoms with Gasteiger partial charge in [-0.25, -0.2) is 0 Å². The van der Waals surface area contributed by atoms with E-state index in [0.29, 0.717) is 31.9 Å². The molecule has 250 valence electrons. The summed E-state index contributed by atoms with van der Waals surface area (Å²) in [6.07, 6.45) is 5.93. The Morgan fingerprint density at radius 1 is 0.667 bits per heavy atom. The summed E-state index contributed by atoms with van der Waals surface area (Å²) in [6, 6.07) is 0. The van der Waals surface area contributed by atoms with E-state index < -0.39 is 16.6 Å². The Labute approximate surface area is 261 Å². The number of carbonyl (C=O) groups is 2. The molecule has 0 saturated carbocycles. The highest BCUT2D eigenvalue weighted by molar-refractivity contribution is 5.87. The highest BCUT2D eigenvalue weighted by atomic mass is 16.5. The molecule has 0 spiro atoms. The molecule has 0 bridgehead atoms. The first-order valence-electron chi connectivity index (χ1n) is 16.7. The van der Waals surface area contributed by atoms with Crippen molar-refractivity contribution in [3.63, 3.8) is 0 Å². The van der Waals surface area contributed by atoms with E-state index in [4.69, 9.17) is 9.47 Å². The van der Waals surface area contributed by atoms with Crippen LogP contribution in [-0.4, -0.2) is 59.1 Å². The summed E-state index contributed by atoms with van der Waals surface area (Å²) in [4.78, 5) is 25.6. The van der Waals surface area contributed by atoms with Gasteiger partial charge in [0.05, 0.1) is 28.9 Å². The number of ketones is 2. The molecule has 42 heavy (non-hydrogen) atoms. The van der Waals surface area contributed by atoms with Crippen molar-refractivity contribution in [3.8, 4) is 0 Å². The van der Waals surface area contributed by atoms with Crippen LogP contribution in [0.3, 0.4) is 0 Å². The molecule has 0 aromatic rings. The van der Waals surface area contributed by atoms with Gasteiger partial charge in [0, 0.05) is 23.3 Å². The lowest BCUT2D eigenvalue weighted by molar-refractivity contribution is -0.159. The van der Waals surface area contributed by atoms with Crippen LogP contribution in [0.25, 0.3) is 0 Å². The number of rotatable bonds is 23. The van der Waals surface area contributed by atoms with E-state index in [1.807, 2.05) is 41.5 Å². The highest BCUT2D eigenvalue weighted by Crippen LogP contribution is 2.36. The second-order valence-corrected chi connectivity index (χ2v) is 16.9. The van der Waals surface area contributed by atoms with Crippen LogP contribution in [-0.2, 0) is 19.1 Å². The van der Waals surface area contributed by atoms with E-state index in [-0.39, 0.29) is 34.2 Å². The van der Waals surface area contributed by atoms with Crippen molar-refractivity contribution >= 4 is 11.6 Å². The molecular formula is C36H72N2O4. The van der Waals surface area contributed by atoms with Crippen molar-refractivity contribution in [2.24, 2.45) is 17.3 Å². The van der Waals surface area contributed by atoms with Gasteiger partial charge in [-0.3, -0.25) is 9.59 Å². The molecule has 0 atom stereocenters. The number of ether oxygens (including phenoxy) is 2. The lowest BCUT2D eigenvalue weighted by Crippen LogP contribution is -2.48. The molecule has 0 radical (unpaired) electrons. The normalized spacial score (nSPS) is 14.2. The zero-order valence-corrected chi connectivity index (χ0v) is 30.9. The maximum absolute atomic E-state index is 12.9. The predicted molar refractivity (Wildman–Crippen MR) is 179 cm³/mol. The fourth-order valence-electron chi connectivity index (χ4n) is 5.70. The molecule has 0 aliphatic carbocycles. The smallest absolute Gasteiger partial charge is 0.152 e. The number of unbranched alkanes of at least 4 members (excludes halogenated alkanes) is 2. The summed E-state index contributed by atoms with van der Waals surface area (Å²) in [5.41, 5.74) is -1.97. The Kier molecular flexibility index (Phi) is 16.2. The summed E-state index contributed by atoms with van der Waals surface area (Å²) in [6.45, 7) is 35.8. The summed E-state index contributed by atoms with van der Waals surface area (Å²) in [7, 11) is 0. The number of hydrogen-bond acceptors (Lipinski definition) is 6. The van der Waals surface area contributed by atoms with Crippen molar-refractivity contribution in [2.75, 3.05) is 19.7 Å². The van der Waals surface area contributed by atoms with Crippen molar-refractivity contribution in [1.29, 1.82) is 0 Å². The van der Waals surface area contributed by atoms with E-state index in [9.17, 15) is 9.59 Å². The molecule has 0 saturated heterocycles. The zero-order valence-electron chi connectivity index (χ0n) is 30.9. The van der Waals surface area contributed by atoms with Gasteiger partial charge in [-0.05, 0) is 120 Å². The number of nitrogens with one attached hydrogen (secondary N) is 2. The van der Waals surface area contributed by atoms with Crippen molar-refractivity contribution in [2.45, 2.75) is 184 Å². The van der Waals surface area contributed by atoms with Crippen molar-refractivity contribution in [1.82, 2.24) is 10.6 Å². The fourth-order valence-corrected chi connectivity index (χ4v) is 5.70. The highest BCUT2D eigenvalue weighted by Gasteiger charge is 2.39. The predicted octanol–water partition coefficient (Wildman–Crippen LogP) is 8.30. The molecule has 0 amide bonds. The van der Waals surface area contributed by atoms with Crippen LogP contribution < -0.4 is 10.6 Å². The molecule has 0 aliphatic rings. The average Bonchev–Trinajstić information content (AvgIpc) is 2.78. The van der Waals surface area contributed by atoms with E-state index in [2.05, 4.69) is 79.9 Å². The average molecular weight is 597 g/mol. The number of carbonyl (C=O) groups excluding carboxylic acids is 2. The zero-order chi connectivity index (χ0) is 33.2. The molecule has 0 rings (SSSR count). The Hall–Kier alpha value is -0.820. The van der Waals surface area contributed by atoms with Gasteiger partial charge in [0.15, 0.2) is 5.78 Å². The van der Waals surface area contributed by atoms with E-state index in [0.717, 1.165) is 38.6 Å². The van der Waals surface area contributed by atoms with Gasteiger partial charge in [0.1, 0.15) is 5.78 Å². The molecule has 6 heteroatoms. The molecule has 2 N–H and O–H groups in total. The molecular weight excluding hydrogens is 524 g/mol. The van der Waals surface area contributed by atoms with Gasteiger partial charge >= 0.3 is 0 Å². The number of Topliss-reactive ketones (excluding diaryl/α,β-unsaturated/α-hetero) is 2. The van der Waals surface area contributed by atoms with Gasteiger partial charge in [0.25, 0.3) is 0 Å². The summed E-state index contributed by atoms with van der Waals surface area (Å²) < 4.78 is 12.9. The second-order valence-electron chi connectivity index (χ2n) is 16.9. The minimum absolute atomic E-state index is 0.0117. The first-order valence-corrected chi connectivity index (χ1v) is 16.7. The van der Waals surface area contributed by atoms with E-state index >= 15 is 0 Å². The Balaban J connectivity index is 4.54. The minimum atomic E-state index is -0.542. The van der Waals surface area contributed by atoms with Gasteiger partial charge in [-0.2, -0.15) is 0 Å². The lowest BCUT2D eigenvalue weighted by atomic mass is 9.75. The lowest BCUT2D eigenvalue weighted by Gasteiger charge is -2.41. The third-order valence-corrected chi connectivity index (χ3v) is 8.90. The Bertz CT molecular complexity index is 822. The summed E-state index contributed by atoms with van der Waals surface area (Å²) >= 11 is 0. The van der Waals surface area contributed by atoms with Gasteiger partial charge in [-0.1, -0.05) is 48.0 Å². The van der Waals surface area contributed by atoms with Gasteiger partial charge in [-0.15, -0.1) is 0 Å². The molecule has 0 fully saturated rings. The Morgan fingerprint density at radius 3 is 1.76 bits per heavy atom. The van der Waals surface area contributed by atoms with Crippen LogP contribution in [0, 0.1) is 17.3 Å². The third-order valence-electron chi connectivity index (χ3n) is 8.90. The molecule has 6 nitrogen and oxygen atoms in total. The third kappa shape index (κ3) is 16.3. The van der Waals surface area contributed by atoms with Crippen molar-refractivity contribution in [3.05, 3.63) is 0 Å². The molecule has 0 heterocycles. The van der Waals surface area contributed by atoms with Crippen LogP contribution >= 0.6 is 0 Å². The van der Waals surface area contributed by atoms with Gasteiger partial charge < -0.3 is 20.1 Å². The van der Waals surface area contributed by atoms with Crippen LogP contribution in [0.15, 0.2) is 0 Å². The van der Waals surface area contributed by atoms with Crippen LogP contribution in [0.2, 0.25) is 0 Å². The quantitative estimate of drug-likeness (QED) is 0.116. The van der Waals surface area contributed by atoms with Crippen LogP contribution in [0.5, 0.6) is 0 Å². The maximum Gasteiger partial charge on any atom is 0.152 e. The maximum atomic E-state index is 12.9. The van der Waals surface area contributed by atoms with E-state index in [1.54, 1.807) is 0 Å². The van der Waals surface area contributed by atoms with Gasteiger partial charge in [0.2, 0.25) is 0 Å². The standard InChI is InChI=1S/C36H72N2O4/c1-27(2)30(40)31(5,6)26-34(11,12)42-33(9,10)22-25-41-32(7,8)21-24-38-36(15,16)29(39)20-18-17-19-23-37-35(13,14)28(3)4/h27-28,37-38H,17-26H2,1-16H3. The topological polar surface area (TPSA) is 76.7 Å². The monoisotopic (exact) mass is 597 g/mol. The second kappa shape index (κ2) is 16.5. The van der Waals surface area contributed by atoms with E-state index in [1.165, 1.54) is 0 Å². The SMILES string of the molecule is CC(C)C(=O)C(C)(C)CC(C)(C)OC(C)(C)CCOC(C)(C)CCNC(C)(C)C(=O)CCCCCNC(C)(C)C(C)C. The number of hydrogen-bond donors (Lipinski definition) is 2. The summed E-state index contributed by atoms with van der Waals surface area (Å²) in [5.74, 6) is 1.15. The largest absolute Gasteiger partial charge is 0.375 e. The van der Waals surface area contributed by atoms with Crippen LogP contribution in [0.1, 0.15) is 156 Å². The Morgan fingerprint density at radius 2 is 1.24 bits per heavy atom. The summed E-state index contributed by atoms with van der Waals surface area (Å²) in [5, 5.41) is 7.12. The first kappa shape index (κ1) is 41.2. The molecule has 0 aromatic heterocycles.